The lowest BCUT2D eigenvalue weighted by atomic mass is 9.97. The van der Waals surface area contributed by atoms with Gasteiger partial charge in [0.25, 0.3) is 0 Å². The predicted octanol–water partition coefficient (Wildman–Crippen LogP) is 3.22. The van der Waals surface area contributed by atoms with Crippen LogP contribution in [-0.4, -0.2) is 25.8 Å². The summed E-state index contributed by atoms with van der Waals surface area (Å²) in [5.74, 6) is 0.822. The van der Waals surface area contributed by atoms with Gasteiger partial charge < -0.3 is 10.1 Å². The second-order valence-electron chi connectivity index (χ2n) is 4.58. The summed E-state index contributed by atoms with van der Waals surface area (Å²) in [7, 11) is 1.78. The van der Waals surface area contributed by atoms with E-state index in [0.29, 0.717) is 12.1 Å². The Labute approximate surface area is 95.8 Å². The first-order valence-corrected chi connectivity index (χ1v) is 6.42. The van der Waals surface area contributed by atoms with Crippen molar-refractivity contribution in [2.45, 2.75) is 65.5 Å². The third kappa shape index (κ3) is 6.91. The van der Waals surface area contributed by atoms with E-state index >= 15 is 0 Å². The van der Waals surface area contributed by atoms with Crippen LogP contribution in [0.2, 0.25) is 0 Å². The summed E-state index contributed by atoms with van der Waals surface area (Å²) < 4.78 is 5.21. The second kappa shape index (κ2) is 9.17. The normalized spacial score (nSPS) is 17.4. The van der Waals surface area contributed by atoms with Crippen molar-refractivity contribution < 1.29 is 4.74 Å². The molecule has 0 aliphatic carbocycles. The molecule has 92 valence electrons. The molecule has 0 saturated carbocycles. The Bertz CT molecular complexity index is 138. The molecule has 0 heterocycles. The summed E-state index contributed by atoms with van der Waals surface area (Å²) in [6.45, 7) is 9.91. The summed E-state index contributed by atoms with van der Waals surface area (Å²) >= 11 is 0. The molecule has 15 heavy (non-hydrogen) atoms. The first-order valence-electron chi connectivity index (χ1n) is 6.42. The zero-order valence-electron chi connectivity index (χ0n) is 11.2. The summed E-state index contributed by atoms with van der Waals surface area (Å²) in [6, 6.07) is 1.17. The third-order valence-corrected chi connectivity index (χ3v) is 3.21. The van der Waals surface area contributed by atoms with E-state index in [1.165, 1.54) is 19.3 Å². The van der Waals surface area contributed by atoms with Crippen LogP contribution in [0, 0.1) is 5.92 Å². The Morgan fingerprint density at radius 1 is 1.00 bits per heavy atom. The molecular formula is C13H29NO. The lowest BCUT2D eigenvalue weighted by Gasteiger charge is -2.25. The first-order chi connectivity index (χ1) is 7.17. The fourth-order valence-corrected chi connectivity index (χ4v) is 1.82. The molecule has 0 amide bonds. The van der Waals surface area contributed by atoms with E-state index in [1.807, 2.05) is 0 Å². The number of methoxy groups -OCH3 is 1. The smallest absolute Gasteiger partial charge is 0.0615 e. The van der Waals surface area contributed by atoms with Gasteiger partial charge in [0.2, 0.25) is 0 Å². The van der Waals surface area contributed by atoms with Gasteiger partial charge in [-0.05, 0) is 25.2 Å². The molecule has 0 aliphatic rings. The van der Waals surface area contributed by atoms with Gasteiger partial charge in [-0.2, -0.15) is 0 Å². The first kappa shape index (κ1) is 14.9. The Morgan fingerprint density at radius 3 is 2.00 bits per heavy atom. The molecule has 0 bridgehead atoms. The van der Waals surface area contributed by atoms with Crippen molar-refractivity contribution in [2.24, 2.45) is 5.92 Å². The average Bonchev–Trinajstić information content (AvgIpc) is 2.26. The number of nitrogens with one attached hydrogen (secondary N) is 1. The van der Waals surface area contributed by atoms with Crippen molar-refractivity contribution in [1.29, 1.82) is 0 Å². The molecular weight excluding hydrogens is 186 g/mol. The van der Waals surface area contributed by atoms with Crippen LogP contribution in [0.15, 0.2) is 0 Å². The third-order valence-electron chi connectivity index (χ3n) is 3.21. The van der Waals surface area contributed by atoms with Gasteiger partial charge in [0, 0.05) is 19.2 Å². The topological polar surface area (TPSA) is 21.3 Å². The van der Waals surface area contributed by atoms with E-state index in [4.69, 9.17) is 4.74 Å². The van der Waals surface area contributed by atoms with Crippen molar-refractivity contribution in [3.8, 4) is 0 Å². The van der Waals surface area contributed by atoms with E-state index < -0.39 is 0 Å². The molecule has 0 aromatic rings. The van der Waals surface area contributed by atoms with Crippen LogP contribution in [-0.2, 0) is 4.74 Å². The number of hydrogen-bond donors (Lipinski definition) is 1. The highest BCUT2D eigenvalue weighted by Gasteiger charge is 2.14. The molecule has 2 nitrogen and oxygen atoms in total. The van der Waals surface area contributed by atoms with Crippen LogP contribution in [0.4, 0.5) is 0 Å². The van der Waals surface area contributed by atoms with Crippen LogP contribution < -0.4 is 5.32 Å². The van der Waals surface area contributed by atoms with Crippen LogP contribution in [0.3, 0.4) is 0 Å². The zero-order chi connectivity index (χ0) is 11.7. The van der Waals surface area contributed by atoms with Gasteiger partial charge in [0.15, 0.2) is 0 Å². The molecule has 0 aliphatic heterocycles. The number of rotatable bonds is 9. The second-order valence-corrected chi connectivity index (χ2v) is 4.58. The molecule has 1 N–H and O–H groups in total. The van der Waals surface area contributed by atoms with Gasteiger partial charge in [-0.3, -0.25) is 0 Å². The zero-order valence-corrected chi connectivity index (χ0v) is 11.2. The standard InChI is InChI=1S/C13H29NO/c1-6-11(4)9-12(7-2)14-13(8-3)10-15-5/h11-14H,6-10H2,1-5H3. The van der Waals surface area contributed by atoms with Crippen LogP contribution >= 0.6 is 0 Å². The quantitative estimate of drug-likeness (QED) is 0.637. The minimum atomic E-state index is 0.518. The van der Waals surface area contributed by atoms with Crippen molar-refractivity contribution >= 4 is 0 Å². The molecule has 0 fully saturated rings. The minimum absolute atomic E-state index is 0.518. The fourth-order valence-electron chi connectivity index (χ4n) is 1.82. The average molecular weight is 215 g/mol. The largest absolute Gasteiger partial charge is 0.383 e. The molecule has 0 aromatic carbocycles. The fraction of sp³-hybridized carbons (Fsp3) is 1.00. The molecule has 3 atom stereocenters. The molecule has 0 saturated heterocycles. The monoisotopic (exact) mass is 215 g/mol. The number of ether oxygens (including phenoxy) is 1. The Kier molecular flexibility index (Phi) is 9.12. The summed E-state index contributed by atoms with van der Waals surface area (Å²) in [5, 5.41) is 3.69. The molecule has 2 heteroatoms. The van der Waals surface area contributed by atoms with Crippen LogP contribution in [0.5, 0.6) is 0 Å². The van der Waals surface area contributed by atoms with Gasteiger partial charge in [-0.15, -0.1) is 0 Å². The van der Waals surface area contributed by atoms with Gasteiger partial charge >= 0.3 is 0 Å². The van der Waals surface area contributed by atoms with E-state index in [0.717, 1.165) is 18.9 Å². The summed E-state index contributed by atoms with van der Waals surface area (Å²) in [4.78, 5) is 0. The minimum Gasteiger partial charge on any atom is -0.383 e. The molecule has 0 rings (SSSR count). The van der Waals surface area contributed by atoms with Gasteiger partial charge in [0.05, 0.1) is 6.61 Å². The Morgan fingerprint density at radius 2 is 1.60 bits per heavy atom. The summed E-state index contributed by atoms with van der Waals surface area (Å²) in [6.07, 6.45) is 4.92. The van der Waals surface area contributed by atoms with Crippen molar-refractivity contribution in [3.63, 3.8) is 0 Å². The van der Waals surface area contributed by atoms with Crippen molar-refractivity contribution in [2.75, 3.05) is 13.7 Å². The Balaban J connectivity index is 3.94. The van der Waals surface area contributed by atoms with Crippen LogP contribution in [0.1, 0.15) is 53.4 Å². The predicted molar refractivity (Wildman–Crippen MR) is 67.2 cm³/mol. The lowest BCUT2D eigenvalue weighted by Crippen LogP contribution is -2.41. The van der Waals surface area contributed by atoms with E-state index in [-0.39, 0.29) is 0 Å². The molecule has 0 radical (unpaired) electrons. The molecule has 0 aromatic heterocycles. The van der Waals surface area contributed by atoms with E-state index in [1.54, 1.807) is 7.11 Å². The highest BCUT2D eigenvalue weighted by atomic mass is 16.5. The highest BCUT2D eigenvalue weighted by Crippen LogP contribution is 2.13. The maximum Gasteiger partial charge on any atom is 0.0615 e. The molecule has 3 unspecified atom stereocenters. The Hall–Kier alpha value is -0.0800. The maximum absolute atomic E-state index is 5.21. The van der Waals surface area contributed by atoms with Gasteiger partial charge in [-0.1, -0.05) is 34.1 Å². The maximum atomic E-state index is 5.21. The SMILES string of the molecule is CCC(C)CC(CC)NC(CC)COC. The van der Waals surface area contributed by atoms with Crippen molar-refractivity contribution in [3.05, 3.63) is 0 Å². The van der Waals surface area contributed by atoms with Gasteiger partial charge in [-0.25, -0.2) is 0 Å². The van der Waals surface area contributed by atoms with Crippen LogP contribution in [0.25, 0.3) is 0 Å². The van der Waals surface area contributed by atoms with E-state index in [2.05, 4.69) is 33.0 Å². The lowest BCUT2D eigenvalue weighted by molar-refractivity contribution is 0.154. The molecule has 0 spiro atoms. The van der Waals surface area contributed by atoms with E-state index in [9.17, 15) is 0 Å². The van der Waals surface area contributed by atoms with Gasteiger partial charge in [0.1, 0.15) is 0 Å². The highest BCUT2D eigenvalue weighted by molar-refractivity contribution is 4.74. The summed E-state index contributed by atoms with van der Waals surface area (Å²) in [5.41, 5.74) is 0. The number of hydrogen-bond acceptors (Lipinski definition) is 2. The van der Waals surface area contributed by atoms with Crippen molar-refractivity contribution in [1.82, 2.24) is 5.32 Å².